The van der Waals surface area contributed by atoms with Gasteiger partial charge in [-0.2, -0.15) is 0 Å². The van der Waals surface area contributed by atoms with Gasteiger partial charge in [-0.25, -0.2) is 8.42 Å². The monoisotopic (exact) mass is 414 g/mol. The van der Waals surface area contributed by atoms with Crippen LogP contribution in [0.1, 0.15) is 123 Å². The zero-order valence-electron chi connectivity index (χ0n) is 18.3. The van der Waals surface area contributed by atoms with Gasteiger partial charge in [0.05, 0.1) is 16.2 Å². The maximum absolute atomic E-state index is 10.8. The predicted octanol–water partition coefficient (Wildman–Crippen LogP) is 2.94. The Bertz CT molecular complexity index is 401. The molecule has 0 saturated heterocycles. The SMILES string of the molecule is CCCCCCCCCCCCCCCC(O)CCCC(C)S(=O)(=O)[O-].[Na+]. The summed E-state index contributed by atoms with van der Waals surface area (Å²) in [4.78, 5) is 0. The molecule has 2 unspecified atom stereocenters. The standard InChI is InChI=1S/C21H44O4S.Na/c1-3-4-5-6-7-8-9-10-11-12-13-14-15-18-21(22)19-16-17-20(2)26(23,24)25;/h20-22H,3-19H2,1-2H3,(H,23,24,25);/q;+1/p-1. The maximum atomic E-state index is 10.8. The van der Waals surface area contributed by atoms with E-state index in [0.29, 0.717) is 19.3 Å². The quantitative estimate of drug-likeness (QED) is 0.200. The van der Waals surface area contributed by atoms with Crippen LogP contribution in [-0.4, -0.2) is 29.4 Å². The van der Waals surface area contributed by atoms with Gasteiger partial charge in [-0.1, -0.05) is 90.4 Å². The Hall–Kier alpha value is 0.870. The van der Waals surface area contributed by atoms with Crippen molar-refractivity contribution >= 4 is 10.1 Å². The van der Waals surface area contributed by atoms with Crippen molar-refractivity contribution in [2.45, 2.75) is 134 Å². The van der Waals surface area contributed by atoms with Gasteiger partial charge in [-0.3, -0.25) is 0 Å². The van der Waals surface area contributed by atoms with Crippen molar-refractivity contribution in [2.24, 2.45) is 0 Å². The van der Waals surface area contributed by atoms with E-state index in [1.54, 1.807) is 0 Å². The van der Waals surface area contributed by atoms with Crippen LogP contribution in [0.25, 0.3) is 0 Å². The Morgan fingerprint density at radius 3 is 1.48 bits per heavy atom. The molecular weight excluding hydrogens is 371 g/mol. The number of hydrogen-bond acceptors (Lipinski definition) is 4. The third-order valence-electron chi connectivity index (χ3n) is 5.28. The molecule has 0 fully saturated rings. The van der Waals surface area contributed by atoms with Crippen LogP contribution in [0, 0.1) is 0 Å². The van der Waals surface area contributed by atoms with E-state index in [0.717, 1.165) is 12.8 Å². The second kappa shape index (κ2) is 20.2. The van der Waals surface area contributed by atoms with Crippen molar-refractivity contribution in [3.8, 4) is 0 Å². The minimum Gasteiger partial charge on any atom is -0.748 e. The van der Waals surface area contributed by atoms with E-state index in [1.165, 1.54) is 84.0 Å². The van der Waals surface area contributed by atoms with E-state index in [4.69, 9.17) is 0 Å². The van der Waals surface area contributed by atoms with Crippen LogP contribution in [-0.2, 0) is 10.1 Å². The number of aliphatic hydroxyl groups excluding tert-OH is 1. The van der Waals surface area contributed by atoms with E-state index < -0.39 is 15.4 Å². The molecule has 0 aromatic heterocycles. The summed E-state index contributed by atoms with van der Waals surface area (Å²) in [5.41, 5.74) is 0. The first-order chi connectivity index (χ1) is 12.4. The van der Waals surface area contributed by atoms with E-state index in [9.17, 15) is 18.1 Å². The largest absolute Gasteiger partial charge is 1.00 e. The Morgan fingerprint density at radius 2 is 1.07 bits per heavy atom. The molecule has 0 radical (unpaired) electrons. The fourth-order valence-electron chi connectivity index (χ4n) is 3.33. The van der Waals surface area contributed by atoms with Crippen LogP contribution < -0.4 is 29.6 Å². The third-order valence-corrected chi connectivity index (χ3v) is 6.50. The van der Waals surface area contributed by atoms with Crippen LogP contribution in [0.15, 0.2) is 0 Å². The molecule has 0 aromatic carbocycles. The fourth-order valence-corrected chi connectivity index (χ4v) is 3.78. The smallest absolute Gasteiger partial charge is 0.748 e. The number of hydrogen-bond donors (Lipinski definition) is 1. The summed E-state index contributed by atoms with van der Waals surface area (Å²) >= 11 is 0. The van der Waals surface area contributed by atoms with Gasteiger partial charge in [0.25, 0.3) is 0 Å². The number of unbranched alkanes of at least 4 members (excludes halogenated alkanes) is 12. The Kier molecular flexibility index (Phi) is 22.4. The Morgan fingerprint density at radius 1 is 0.704 bits per heavy atom. The van der Waals surface area contributed by atoms with E-state index >= 15 is 0 Å². The Balaban J connectivity index is 0. The van der Waals surface area contributed by atoms with E-state index in [-0.39, 0.29) is 35.7 Å². The minimum absolute atomic E-state index is 0. The van der Waals surface area contributed by atoms with Gasteiger partial charge in [0, 0.05) is 5.25 Å². The summed E-state index contributed by atoms with van der Waals surface area (Å²) in [6.45, 7) is 3.70. The first-order valence-electron chi connectivity index (χ1n) is 11.0. The first kappa shape index (κ1) is 30.1. The molecule has 0 spiro atoms. The molecule has 0 amide bonds. The van der Waals surface area contributed by atoms with Crippen LogP contribution in [0.5, 0.6) is 0 Å². The number of rotatable bonds is 19. The molecule has 6 heteroatoms. The average molecular weight is 415 g/mol. The van der Waals surface area contributed by atoms with Crippen molar-refractivity contribution in [1.82, 2.24) is 0 Å². The molecule has 0 aliphatic carbocycles. The third kappa shape index (κ3) is 21.4. The van der Waals surface area contributed by atoms with Crippen LogP contribution in [0.2, 0.25) is 0 Å². The second-order valence-corrected chi connectivity index (χ2v) is 9.71. The van der Waals surface area contributed by atoms with Gasteiger partial charge in [0.2, 0.25) is 0 Å². The molecule has 0 saturated carbocycles. The zero-order chi connectivity index (χ0) is 19.7. The summed E-state index contributed by atoms with van der Waals surface area (Å²) in [6, 6.07) is 0. The average Bonchev–Trinajstić information content (AvgIpc) is 2.58. The summed E-state index contributed by atoms with van der Waals surface area (Å²) in [7, 11) is -4.17. The molecular formula is C21H43NaO4S. The second-order valence-electron chi connectivity index (χ2n) is 7.92. The van der Waals surface area contributed by atoms with Crippen molar-refractivity contribution < 1.29 is 47.6 Å². The summed E-state index contributed by atoms with van der Waals surface area (Å²) in [6.07, 6.45) is 19.1. The molecule has 0 bridgehead atoms. The molecule has 0 aliphatic heterocycles. The van der Waals surface area contributed by atoms with Crippen molar-refractivity contribution in [2.75, 3.05) is 0 Å². The summed E-state index contributed by atoms with van der Waals surface area (Å²) in [5.74, 6) is 0. The van der Waals surface area contributed by atoms with Crippen LogP contribution in [0.3, 0.4) is 0 Å². The van der Waals surface area contributed by atoms with Gasteiger partial charge < -0.3 is 9.66 Å². The van der Waals surface area contributed by atoms with Gasteiger partial charge >= 0.3 is 29.6 Å². The Labute approximate surface area is 191 Å². The molecule has 1 N–H and O–H groups in total. The van der Waals surface area contributed by atoms with Gasteiger partial charge in [0.15, 0.2) is 0 Å². The number of aliphatic hydroxyl groups is 1. The normalized spacial score (nSPS) is 13.9. The molecule has 4 nitrogen and oxygen atoms in total. The van der Waals surface area contributed by atoms with Gasteiger partial charge in [0.1, 0.15) is 0 Å². The molecule has 0 aliphatic rings. The van der Waals surface area contributed by atoms with E-state index in [1.807, 2.05) is 0 Å². The summed E-state index contributed by atoms with van der Waals surface area (Å²) < 4.78 is 32.4. The molecule has 27 heavy (non-hydrogen) atoms. The molecule has 158 valence electrons. The molecule has 0 aromatic rings. The van der Waals surface area contributed by atoms with Crippen molar-refractivity contribution in [3.63, 3.8) is 0 Å². The topological polar surface area (TPSA) is 77.4 Å². The minimum atomic E-state index is -4.17. The van der Waals surface area contributed by atoms with Crippen molar-refractivity contribution in [3.05, 3.63) is 0 Å². The van der Waals surface area contributed by atoms with Gasteiger partial charge in [-0.15, -0.1) is 0 Å². The summed E-state index contributed by atoms with van der Waals surface area (Å²) in [5, 5.41) is 9.07. The van der Waals surface area contributed by atoms with Crippen LogP contribution in [0.4, 0.5) is 0 Å². The fraction of sp³-hybridized carbons (Fsp3) is 1.00. The van der Waals surface area contributed by atoms with Crippen LogP contribution >= 0.6 is 0 Å². The predicted molar refractivity (Wildman–Crippen MR) is 109 cm³/mol. The first-order valence-corrected chi connectivity index (χ1v) is 12.5. The molecule has 2 atom stereocenters. The molecule has 0 heterocycles. The van der Waals surface area contributed by atoms with Crippen molar-refractivity contribution in [1.29, 1.82) is 0 Å². The van der Waals surface area contributed by atoms with Gasteiger partial charge in [-0.05, 0) is 32.6 Å². The molecule has 0 rings (SSSR count). The van der Waals surface area contributed by atoms with E-state index in [2.05, 4.69) is 6.92 Å². The maximum Gasteiger partial charge on any atom is 1.00 e. The zero-order valence-corrected chi connectivity index (χ0v) is 21.1.